The fourth-order valence-corrected chi connectivity index (χ4v) is 3.42. The van der Waals surface area contributed by atoms with Crippen LogP contribution in [0.5, 0.6) is 5.75 Å². The van der Waals surface area contributed by atoms with Gasteiger partial charge in [0, 0.05) is 30.1 Å². The topological polar surface area (TPSA) is 89.0 Å². The summed E-state index contributed by atoms with van der Waals surface area (Å²) in [5.74, 6) is 0.695. The van der Waals surface area contributed by atoms with Crippen LogP contribution in [0.4, 0.5) is 21.8 Å². The summed E-state index contributed by atoms with van der Waals surface area (Å²) in [6, 6.07) is 6.83. The predicted octanol–water partition coefficient (Wildman–Crippen LogP) is 5.93. The lowest BCUT2D eigenvalue weighted by atomic mass is 10.0. The Labute approximate surface area is 193 Å². The van der Waals surface area contributed by atoms with Gasteiger partial charge in [0.1, 0.15) is 11.6 Å². The highest BCUT2D eigenvalue weighted by Crippen LogP contribution is 2.30. The molecule has 0 atom stereocenters. The van der Waals surface area contributed by atoms with Gasteiger partial charge < -0.3 is 15.4 Å². The third-order valence-corrected chi connectivity index (χ3v) is 5.29. The second-order valence-corrected chi connectivity index (χ2v) is 7.87. The number of pyridine rings is 1. The molecular weight excluding hydrogens is 421 g/mol. The van der Waals surface area contributed by atoms with E-state index in [9.17, 15) is 9.18 Å². The number of methoxy groups -OCH3 is 1. The minimum Gasteiger partial charge on any atom is -0.496 e. The number of hydrogen-bond acceptors (Lipinski definition) is 7. The minimum atomic E-state index is -0.663. The molecule has 3 rings (SSSR count). The molecule has 0 aliphatic rings. The third-order valence-electron chi connectivity index (χ3n) is 5.29. The summed E-state index contributed by atoms with van der Waals surface area (Å²) in [4.78, 5) is 24.4. The number of aryl methyl sites for hydroxylation is 1. The van der Waals surface area contributed by atoms with Gasteiger partial charge in [-0.2, -0.15) is 9.37 Å². The lowest BCUT2D eigenvalue weighted by Gasteiger charge is -2.12. The van der Waals surface area contributed by atoms with Gasteiger partial charge in [-0.3, -0.25) is 4.79 Å². The Balaban J connectivity index is 1.81. The van der Waals surface area contributed by atoms with Crippen molar-refractivity contribution in [2.24, 2.45) is 0 Å². The molecule has 0 fully saturated rings. The monoisotopic (exact) mass is 451 g/mol. The Morgan fingerprint density at radius 2 is 1.91 bits per heavy atom. The summed E-state index contributed by atoms with van der Waals surface area (Å²) < 4.78 is 19.8. The van der Waals surface area contributed by atoms with Gasteiger partial charge in [0.25, 0.3) is 0 Å². The molecule has 0 spiro atoms. The molecule has 0 bridgehead atoms. The standard InChI is InChI=1S/C25H30FN5O2/c1-5-6-7-8-11-27-24-16(2)14-29-25(31-24)30-21-12-19(15-28-23(21)26)18-9-10-20(17(3)32)22(13-18)33-4/h9-10,12-15H,5-8,11H2,1-4H3,(H2,27,29,30,31). The average molecular weight is 452 g/mol. The fraction of sp³-hybridized carbons (Fsp3) is 0.360. The summed E-state index contributed by atoms with van der Waals surface area (Å²) in [7, 11) is 1.51. The normalized spacial score (nSPS) is 10.7. The maximum absolute atomic E-state index is 14.5. The van der Waals surface area contributed by atoms with Gasteiger partial charge >= 0.3 is 0 Å². The van der Waals surface area contributed by atoms with Crippen LogP contribution < -0.4 is 15.4 Å². The Morgan fingerprint density at radius 3 is 2.64 bits per heavy atom. The highest BCUT2D eigenvalue weighted by Gasteiger charge is 2.13. The molecule has 2 N–H and O–H groups in total. The number of ether oxygens (including phenoxy) is 1. The van der Waals surface area contributed by atoms with Gasteiger partial charge in [-0.05, 0) is 44.0 Å². The van der Waals surface area contributed by atoms with Crippen LogP contribution >= 0.6 is 0 Å². The maximum Gasteiger partial charge on any atom is 0.236 e. The molecule has 1 aromatic carbocycles. The van der Waals surface area contributed by atoms with Crippen LogP contribution in [0.1, 0.15) is 55.5 Å². The molecule has 174 valence electrons. The third kappa shape index (κ3) is 6.25. The van der Waals surface area contributed by atoms with Crippen molar-refractivity contribution in [2.45, 2.75) is 46.5 Å². The molecule has 33 heavy (non-hydrogen) atoms. The van der Waals surface area contributed by atoms with E-state index in [1.165, 1.54) is 39.5 Å². The summed E-state index contributed by atoms with van der Waals surface area (Å²) in [5, 5.41) is 6.27. The summed E-state index contributed by atoms with van der Waals surface area (Å²) in [6.45, 7) is 6.41. The first-order valence-corrected chi connectivity index (χ1v) is 11.1. The van der Waals surface area contributed by atoms with Crippen LogP contribution in [0.25, 0.3) is 11.1 Å². The molecule has 3 aromatic rings. The van der Waals surface area contributed by atoms with Gasteiger partial charge in [0.2, 0.25) is 11.9 Å². The number of unbranched alkanes of at least 4 members (excludes halogenated alkanes) is 3. The molecule has 0 aliphatic carbocycles. The van der Waals surface area contributed by atoms with Gasteiger partial charge in [-0.1, -0.05) is 32.3 Å². The first-order valence-electron chi connectivity index (χ1n) is 11.1. The first kappa shape index (κ1) is 24.1. The number of benzene rings is 1. The molecule has 2 aromatic heterocycles. The lowest BCUT2D eigenvalue weighted by molar-refractivity contribution is 0.101. The molecule has 0 radical (unpaired) electrons. The van der Waals surface area contributed by atoms with Crippen molar-refractivity contribution >= 4 is 23.2 Å². The van der Waals surface area contributed by atoms with Crippen LogP contribution in [0, 0.1) is 12.9 Å². The molecule has 8 heteroatoms. The number of Topliss-reactive ketones (excluding diaryl/α,β-unsaturated/α-hetero) is 1. The number of ketones is 1. The summed E-state index contributed by atoms with van der Waals surface area (Å²) >= 11 is 0. The number of hydrogen-bond donors (Lipinski definition) is 2. The van der Waals surface area contributed by atoms with Gasteiger partial charge in [-0.15, -0.1) is 0 Å². The van der Waals surface area contributed by atoms with E-state index in [2.05, 4.69) is 32.5 Å². The number of halogens is 1. The first-order chi connectivity index (χ1) is 15.9. The molecule has 0 unspecified atom stereocenters. The zero-order valence-corrected chi connectivity index (χ0v) is 19.5. The molecule has 0 saturated carbocycles. The minimum absolute atomic E-state index is 0.0933. The number of carbonyl (C=O) groups excluding carboxylic acids is 1. The molecule has 7 nitrogen and oxygen atoms in total. The predicted molar refractivity (Wildman–Crippen MR) is 129 cm³/mol. The second-order valence-electron chi connectivity index (χ2n) is 7.87. The van der Waals surface area contributed by atoms with E-state index in [1.54, 1.807) is 30.5 Å². The van der Waals surface area contributed by atoms with Crippen molar-refractivity contribution in [3.63, 3.8) is 0 Å². The largest absolute Gasteiger partial charge is 0.496 e. The number of anilines is 3. The van der Waals surface area contributed by atoms with Crippen LogP contribution in [0.3, 0.4) is 0 Å². The number of carbonyl (C=O) groups is 1. The quantitative estimate of drug-likeness (QED) is 0.212. The molecular formula is C25H30FN5O2. The van der Waals surface area contributed by atoms with Crippen molar-refractivity contribution in [2.75, 3.05) is 24.3 Å². The number of rotatable bonds is 11. The van der Waals surface area contributed by atoms with Gasteiger partial charge in [0.15, 0.2) is 5.78 Å². The summed E-state index contributed by atoms with van der Waals surface area (Å²) in [6.07, 6.45) is 7.76. The number of aromatic nitrogens is 3. The van der Waals surface area contributed by atoms with E-state index in [0.29, 0.717) is 16.9 Å². The van der Waals surface area contributed by atoms with Crippen molar-refractivity contribution in [1.82, 2.24) is 15.0 Å². The Bertz CT molecular complexity index is 1120. The van der Waals surface area contributed by atoms with E-state index in [1.807, 2.05) is 6.92 Å². The fourth-order valence-electron chi connectivity index (χ4n) is 3.42. The Hall–Kier alpha value is -3.55. The zero-order valence-electron chi connectivity index (χ0n) is 19.5. The average Bonchev–Trinajstić information content (AvgIpc) is 2.81. The van der Waals surface area contributed by atoms with Crippen molar-refractivity contribution in [3.05, 3.63) is 53.7 Å². The SMILES string of the molecule is CCCCCCNc1nc(Nc2cc(-c3ccc(C(C)=O)c(OC)c3)cnc2F)ncc1C. The molecule has 2 heterocycles. The van der Waals surface area contributed by atoms with Crippen LogP contribution in [-0.4, -0.2) is 34.4 Å². The van der Waals surface area contributed by atoms with Crippen LogP contribution in [0.2, 0.25) is 0 Å². The van der Waals surface area contributed by atoms with E-state index >= 15 is 0 Å². The van der Waals surface area contributed by atoms with Crippen molar-refractivity contribution in [1.29, 1.82) is 0 Å². The molecule has 0 amide bonds. The number of nitrogens with zero attached hydrogens (tertiary/aromatic N) is 3. The lowest BCUT2D eigenvalue weighted by Crippen LogP contribution is -2.08. The van der Waals surface area contributed by atoms with Crippen LogP contribution in [-0.2, 0) is 0 Å². The maximum atomic E-state index is 14.5. The van der Waals surface area contributed by atoms with Gasteiger partial charge in [0.05, 0.1) is 18.4 Å². The Kier molecular flexibility index (Phi) is 8.29. The second kappa shape index (κ2) is 11.4. The number of nitrogens with one attached hydrogen (secondary N) is 2. The van der Waals surface area contributed by atoms with Crippen molar-refractivity contribution < 1.29 is 13.9 Å². The van der Waals surface area contributed by atoms with E-state index in [4.69, 9.17) is 4.74 Å². The summed E-state index contributed by atoms with van der Waals surface area (Å²) in [5.41, 5.74) is 2.96. The van der Waals surface area contributed by atoms with Crippen LogP contribution in [0.15, 0.2) is 36.7 Å². The molecule has 0 saturated heterocycles. The highest BCUT2D eigenvalue weighted by molar-refractivity contribution is 5.97. The smallest absolute Gasteiger partial charge is 0.236 e. The van der Waals surface area contributed by atoms with E-state index < -0.39 is 5.95 Å². The van der Waals surface area contributed by atoms with E-state index in [0.717, 1.165) is 29.9 Å². The van der Waals surface area contributed by atoms with E-state index in [-0.39, 0.29) is 17.4 Å². The molecule has 0 aliphatic heterocycles. The highest BCUT2D eigenvalue weighted by atomic mass is 19.1. The van der Waals surface area contributed by atoms with Gasteiger partial charge in [-0.25, -0.2) is 9.97 Å². The van der Waals surface area contributed by atoms with Crippen molar-refractivity contribution in [3.8, 4) is 16.9 Å². The zero-order chi connectivity index (χ0) is 23.8. The Morgan fingerprint density at radius 1 is 1.09 bits per heavy atom.